The van der Waals surface area contributed by atoms with Crippen molar-refractivity contribution in [3.05, 3.63) is 53.7 Å². The van der Waals surface area contributed by atoms with E-state index in [-0.39, 0.29) is 18.0 Å². The lowest BCUT2D eigenvalue weighted by atomic mass is 10.0. The molecule has 7 rings (SSSR count). The van der Waals surface area contributed by atoms with Gasteiger partial charge in [-0.05, 0) is 63.8 Å². The van der Waals surface area contributed by atoms with Crippen LogP contribution in [0.25, 0.3) is 22.2 Å². The molecular weight excluding hydrogens is 480 g/mol. The molecule has 9 heteroatoms. The highest BCUT2D eigenvalue weighted by atomic mass is 16.5. The molecule has 38 heavy (non-hydrogen) atoms. The van der Waals surface area contributed by atoms with Gasteiger partial charge in [0, 0.05) is 43.9 Å². The smallest absolute Gasteiger partial charge is 0.225 e. The Kier molecular flexibility index (Phi) is 5.42. The number of carbonyl (C=O) groups excluding carboxylic acids is 1. The van der Waals surface area contributed by atoms with Gasteiger partial charge in [-0.1, -0.05) is 11.2 Å². The molecule has 1 saturated heterocycles. The number of hydrogen-bond donors (Lipinski definition) is 0. The molecule has 3 aliphatic rings. The summed E-state index contributed by atoms with van der Waals surface area (Å²) in [6.45, 7) is 6.04. The maximum absolute atomic E-state index is 12.7. The summed E-state index contributed by atoms with van der Waals surface area (Å²) in [6.07, 6.45) is 5.78. The number of ether oxygens (including phenoxy) is 1. The minimum absolute atomic E-state index is 0.0968. The Labute approximate surface area is 221 Å². The summed E-state index contributed by atoms with van der Waals surface area (Å²) < 4.78 is 14.3. The second-order valence-electron chi connectivity index (χ2n) is 10.8. The molecular formula is C29H32N6O3. The molecule has 9 nitrogen and oxygen atoms in total. The molecule has 0 N–H and O–H groups in total. The van der Waals surface area contributed by atoms with Crippen molar-refractivity contribution in [3.63, 3.8) is 0 Å². The molecule has 1 unspecified atom stereocenters. The second kappa shape index (κ2) is 8.85. The summed E-state index contributed by atoms with van der Waals surface area (Å²) in [5.74, 6) is 3.09. The Bertz CT molecular complexity index is 1490. The van der Waals surface area contributed by atoms with E-state index in [9.17, 15) is 4.79 Å². The Morgan fingerprint density at radius 1 is 1.08 bits per heavy atom. The molecule has 5 heterocycles. The maximum atomic E-state index is 12.7. The molecule has 4 aromatic rings. The number of imidazole rings is 1. The van der Waals surface area contributed by atoms with Gasteiger partial charge in [0.2, 0.25) is 11.9 Å². The van der Waals surface area contributed by atoms with Crippen molar-refractivity contribution in [2.75, 3.05) is 31.6 Å². The van der Waals surface area contributed by atoms with Crippen LogP contribution < -0.4 is 9.64 Å². The van der Waals surface area contributed by atoms with Gasteiger partial charge in [-0.2, -0.15) is 0 Å². The minimum atomic E-state index is -0.0968. The normalized spacial score (nSPS) is 19.6. The third-order valence-corrected chi connectivity index (χ3v) is 8.39. The monoisotopic (exact) mass is 512 g/mol. The van der Waals surface area contributed by atoms with E-state index in [2.05, 4.69) is 37.8 Å². The summed E-state index contributed by atoms with van der Waals surface area (Å²) in [4.78, 5) is 26.9. The first-order chi connectivity index (χ1) is 18.5. The number of rotatable bonds is 5. The molecule has 2 aliphatic heterocycles. The van der Waals surface area contributed by atoms with E-state index in [0.29, 0.717) is 12.5 Å². The van der Waals surface area contributed by atoms with Crippen molar-refractivity contribution in [1.29, 1.82) is 0 Å². The predicted molar refractivity (Wildman–Crippen MR) is 143 cm³/mol. The molecule has 1 aromatic carbocycles. The van der Waals surface area contributed by atoms with Crippen LogP contribution in [0.4, 0.5) is 5.95 Å². The van der Waals surface area contributed by atoms with E-state index < -0.39 is 0 Å². The lowest BCUT2D eigenvalue weighted by Crippen LogP contribution is -2.47. The van der Waals surface area contributed by atoms with Crippen LogP contribution in [0, 0.1) is 19.8 Å². The van der Waals surface area contributed by atoms with Crippen LogP contribution in [-0.2, 0) is 4.79 Å². The highest BCUT2D eigenvalue weighted by molar-refractivity contribution is 5.94. The first kappa shape index (κ1) is 23.3. The first-order valence-electron chi connectivity index (χ1n) is 13.5. The van der Waals surface area contributed by atoms with Crippen molar-refractivity contribution >= 4 is 22.9 Å². The van der Waals surface area contributed by atoms with E-state index in [4.69, 9.17) is 14.2 Å². The minimum Gasteiger partial charge on any atom is -0.488 e. The molecule has 2 fully saturated rings. The lowest BCUT2D eigenvalue weighted by molar-refractivity contribution is -0.133. The van der Waals surface area contributed by atoms with Gasteiger partial charge in [-0.25, -0.2) is 4.98 Å². The SMILES string of the molecule is Cc1noc(C)c1-c1ccc2nc(N3CCC(N(C)C(=O)C4CC4)CC3)n3c2c1OCC3c1ccccn1. The topological polar surface area (TPSA) is 89.5 Å². The molecule has 1 amide bonds. The summed E-state index contributed by atoms with van der Waals surface area (Å²) in [5, 5.41) is 4.18. The summed E-state index contributed by atoms with van der Waals surface area (Å²) in [6, 6.07) is 10.3. The average Bonchev–Trinajstić information content (AvgIpc) is 3.66. The van der Waals surface area contributed by atoms with Crippen molar-refractivity contribution in [1.82, 2.24) is 24.6 Å². The van der Waals surface area contributed by atoms with Gasteiger partial charge in [0.25, 0.3) is 0 Å². The Morgan fingerprint density at radius 2 is 1.89 bits per heavy atom. The summed E-state index contributed by atoms with van der Waals surface area (Å²) >= 11 is 0. The molecule has 1 aliphatic carbocycles. The van der Waals surface area contributed by atoms with Crippen LogP contribution in [0.3, 0.4) is 0 Å². The van der Waals surface area contributed by atoms with Gasteiger partial charge in [0.1, 0.15) is 23.9 Å². The Balaban J connectivity index is 1.30. The van der Waals surface area contributed by atoms with E-state index in [1.165, 1.54) is 0 Å². The van der Waals surface area contributed by atoms with Crippen molar-refractivity contribution in [2.45, 2.75) is 51.6 Å². The third-order valence-electron chi connectivity index (χ3n) is 8.39. The van der Waals surface area contributed by atoms with Crippen LogP contribution in [0.2, 0.25) is 0 Å². The number of nitrogens with zero attached hydrogens (tertiary/aromatic N) is 6. The van der Waals surface area contributed by atoms with Gasteiger partial charge < -0.3 is 19.1 Å². The van der Waals surface area contributed by atoms with Crippen LogP contribution in [0.5, 0.6) is 5.75 Å². The van der Waals surface area contributed by atoms with E-state index in [1.807, 2.05) is 44.1 Å². The number of anilines is 1. The number of benzene rings is 1. The van der Waals surface area contributed by atoms with Crippen LogP contribution in [0.15, 0.2) is 41.1 Å². The molecule has 0 radical (unpaired) electrons. The van der Waals surface area contributed by atoms with Gasteiger partial charge >= 0.3 is 0 Å². The predicted octanol–water partition coefficient (Wildman–Crippen LogP) is 4.52. The van der Waals surface area contributed by atoms with Gasteiger partial charge in [-0.3, -0.25) is 14.3 Å². The number of piperidine rings is 1. The van der Waals surface area contributed by atoms with Gasteiger partial charge in [-0.15, -0.1) is 0 Å². The average molecular weight is 513 g/mol. The Hall–Kier alpha value is -3.88. The fourth-order valence-corrected chi connectivity index (χ4v) is 6.15. The molecule has 0 spiro atoms. The lowest BCUT2D eigenvalue weighted by Gasteiger charge is -2.38. The molecule has 3 aromatic heterocycles. The van der Waals surface area contributed by atoms with Crippen LogP contribution in [0.1, 0.15) is 48.9 Å². The highest BCUT2D eigenvalue weighted by Crippen LogP contribution is 2.46. The highest BCUT2D eigenvalue weighted by Gasteiger charge is 2.37. The Morgan fingerprint density at radius 3 is 2.58 bits per heavy atom. The fourth-order valence-electron chi connectivity index (χ4n) is 6.15. The number of amides is 1. The van der Waals surface area contributed by atoms with Gasteiger partial charge in [0.15, 0.2) is 5.75 Å². The van der Waals surface area contributed by atoms with E-state index in [1.54, 1.807) is 0 Å². The molecule has 196 valence electrons. The standard InChI is InChI=1S/C29H32N6O3/c1-17-25(18(2)38-32-17)21-9-10-23-26-27(21)37-16-24(22-6-4-5-13-30-22)35(26)29(31-23)34-14-11-20(12-15-34)33(3)28(36)19-7-8-19/h4-6,9-10,13,19-20,24H,7-8,11-12,14-16H2,1-3H3. The zero-order valence-electron chi connectivity index (χ0n) is 22.1. The number of hydrogen-bond acceptors (Lipinski definition) is 7. The number of aromatic nitrogens is 4. The number of pyridine rings is 1. The first-order valence-corrected chi connectivity index (χ1v) is 13.5. The molecule has 0 bridgehead atoms. The molecule has 1 saturated carbocycles. The van der Waals surface area contributed by atoms with Crippen molar-refractivity contribution in [2.24, 2.45) is 5.92 Å². The summed E-state index contributed by atoms with van der Waals surface area (Å²) in [5.41, 5.74) is 5.60. The maximum Gasteiger partial charge on any atom is 0.225 e. The fraction of sp³-hybridized carbons (Fsp3) is 0.448. The quantitative estimate of drug-likeness (QED) is 0.388. The zero-order valence-corrected chi connectivity index (χ0v) is 22.1. The van der Waals surface area contributed by atoms with Gasteiger partial charge in [0.05, 0.1) is 22.5 Å². The van der Waals surface area contributed by atoms with Crippen molar-refractivity contribution in [3.8, 4) is 16.9 Å². The van der Waals surface area contributed by atoms with Crippen LogP contribution >= 0.6 is 0 Å². The zero-order chi connectivity index (χ0) is 26.0. The van der Waals surface area contributed by atoms with Crippen molar-refractivity contribution < 1.29 is 14.1 Å². The largest absolute Gasteiger partial charge is 0.488 e. The van der Waals surface area contributed by atoms with E-state index in [0.717, 1.165) is 89.8 Å². The second-order valence-corrected chi connectivity index (χ2v) is 10.8. The number of carbonyl (C=O) groups is 1. The molecule has 1 atom stereocenters. The summed E-state index contributed by atoms with van der Waals surface area (Å²) in [7, 11) is 1.98. The van der Waals surface area contributed by atoms with E-state index >= 15 is 0 Å². The third kappa shape index (κ3) is 3.67. The van der Waals surface area contributed by atoms with Crippen LogP contribution in [-0.4, -0.2) is 63.3 Å². The number of aryl methyl sites for hydroxylation is 2.